The Morgan fingerprint density at radius 3 is 2.91 bits per heavy atom. The van der Waals surface area contributed by atoms with E-state index in [1.54, 1.807) is 4.68 Å². The largest absolute Gasteiger partial charge is 0.444 e. The number of carbonyl (C=O) groups excluding carboxylic acids is 1. The van der Waals surface area contributed by atoms with E-state index in [1.807, 2.05) is 13.1 Å². The number of Topliss-reactive ketones (excluding diaryl/α,β-unsaturated/α-hetero) is 1. The van der Waals surface area contributed by atoms with Gasteiger partial charge in [-0.1, -0.05) is 0 Å². The van der Waals surface area contributed by atoms with E-state index in [0.29, 0.717) is 35.7 Å². The molecule has 0 bridgehead atoms. The van der Waals surface area contributed by atoms with E-state index in [-0.39, 0.29) is 11.7 Å². The first kappa shape index (κ1) is 14.1. The maximum Gasteiger partial charge on any atom is 0.205 e. The quantitative estimate of drug-likeness (QED) is 0.903. The minimum Gasteiger partial charge on any atom is -0.444 e. The number of ether oxygens (including phenoxy) is 1. The normalized spacial score (nSPS) is 24.3. The van der Waals surface area contributed by atoms with Gasteiger partial charge < -0.3 is 10.5 Å². The van der Waals surface area contributed by atoms with Gasteiger partial charge in [-0.15, -0.1) is 0 Å². The molecule has 23 heavy (non-hydrogen) atoms. The van der Waals surface area contributed by atoms with Crippen LogP contribution >= 0.6 is 0 Å². The molecule has 2 aliphatic carbocycles. The van der Waals surface area contributed by atoms with Gasteiger partial charge in [0.25, 0.3) is 0 Å². The van der Waals surface area contributed by atoms with E-state index in [4.69, 9.17) is 10.5 Å². The Bertz CT molecular complexity index is 805. The van der Waals surface area contributed by atoms with Crippen molar-refractivity contribution in [2.45, 2.75) is 43.9 Å². The molecule has 2 N–H and O–H groups in total. The molecule has 3 aliphatic rings. The van der Waals surface area contributed by atoms with Crippen LogP contribution in [0.5, 0.6) is 0 Å². The summed E-state index contributed by atoms with van der Waals surface area (Å²) in [5.41, 5.74) is 8.74. The third kappa shape index (κ3) is 2.15. The number of carbonyl (C=O) groups is 1. The second kappa shape index (κ2) is 4.98. The van der Waals surface area contributed by atoms with Crippen LogP contribution < -0.4 is 5.73 Å². The molecular weight excluding hydrogens is 292 g/mol. The van der Waals surface area contributed by atoms with Crippen LogP contribution in [-0.4, -0.2) is 15.6 Å². The van der Waals surface area contributed by atoms with Crippen LogP contribution in [0.3, 0.4) is 0 Å². The highest BCUT2D eigenvalue weighted by Gasteiger charge is 2.40. The number of hydrogen-bond acceptors (Lipinski definition) is 5. The molecule has 6 heteroatoms. The number of aryl methyl sites for hydroxylation is 1. The standard InChI is InChI=1S/C17H18N4O2/c1-21-12(7-11(20-21)9-5-6-9)15-10(8-18)17(19)23-14-4-2-3-13(22)16(14)15/h7,9,15H,2-6,19H2,1H3/t15-/m0/s1. The van der Waals surface area contributed by atoms with Crippen LogP contribution in [0.15, 0.2) is 28.9 Å². The number of nitrogens with zero attached hydrogens (tertiary/aromatic N) is 3. The van der Waals surface area contributed by atoms with Crippen LogP contribution in [0, 0.1) is 11.3 Å². The Kier molecular flexibility index (Phi) is 3.05. The number of nitriles is 1. The highest BCUT2D eigenvalue weighted by molar-refractivity contribution is 5.99. The van der Waals surface area contributed by atoms with E-state index in [2.05, 4.69) is 11.2 Å². The summed E-state index contributed by atoms with van der Waals surface area (Å²) in [6.07, 6.45) is 4.24. The van der Waals surface area contributed by atoms with Crippen molar-refractivity contribution in [2.75, 3.05) is 0 Å². The average molecular weight is 310 g/mol. The van der Waals surface area contributed by atoms with Crippen LogP contribution in [0.2, 0.25) is 0 Å². The van der Waals surface area contributed by atoms with E-state index in [9.17, 15) is 10.1 Å². The Balaban J connectivity index is 1.87. The minimum absolute atomic E-state index is 0.0469. The van der Waals surface area contributed by atoms with Crippen LogP contribution in [0.1, 0.15) is 55.3 Å². The summed E-state index contributed by atoms with van der Waals surface area (Å²) >= 11 is 0. The van der Waals surface area contributed by atoms with Crippen molar-refractivity contribution >= 4 is 5.78 Å². The first-order chi connectivity index (χ1) is 11.1. The summed E-state index contributed by atoms with van der Waals surface area (Å²) in [6.45, 7) is 0. The Morgan fingerprint density at radius 2 is 2.22 bits per heavy atom. The van der Waals surface area contributed by atoms with Gasteiger partial charge in [0.05, 0.1) is 17.3 Å². The third-order valence-electron chi connectivity index (χ3n) is 4.83. The van der Waals surface area contributed by atoms with Crippen molar-refractivity contribution in [3.63, 3.8) is 0 Å². The zero-order valence-electron chi connectivity index (χ0n) is 13.0. The first-order valence-corrected chi connectivity index (χ1v) is 7.97. The molecular formula is C17H18N4O2. The van der Waals surface area contributed by atoms with Gasteiger partial charge in [0, 0.05) is 31.4 Å². The summed E-state index contributed by atoms with van der Waals surface area (Å²) < 4.78 is 7.36. The monoisotopic (exact) mass is 310 g/mol. The Hall–Kier alpha value is -2.55. The van der Waals surface area contributed by atoms with Crippen molar-refractivity contribution in [1.82, 2.24) is 9.78 Å². The van der Waals surface area contributed by atoms with Gasteiger partial charge in [0.15, 0.2) is 5.78 Å². The van der Waals surface area contributed by atoms with Gasteiger partial charge in [-0.2, -0.15) is 10.4 Å². The molecule has 1 aliphatic heterocycles. The maximum absolute atomic E-state index is 12.5. The van der Waals surface area contributed by atoms with Crippen molar-refractivity contribution in [3.05, 3.63) is 40.2 Å². The zero-order valence-corrected chi connectivity index (χ0v) is 13.0. The number of aromatic nitrogens is 2. The Morgan fingerprint density at radius 1 is 1.43 bits per heavy atom. The predicted molar refractivity (Wildman–Crippen MR) is 81.7 cm³/mol. The number of ketones is 1. The lowest BCUT2D eigenvalue weighted by atomic mass is 9.79. The van der Waals surface area contributed by atoms with Gasteiger partial charge in [-0.25, -0.2) is 0 Å². The maximum atomic E-state index is 12.5. The molecule has 0 radical (unpaired) electrons. The second-order valence-corrected chi connectivity index (χ2v) is 6.43. The smallest absolute Gasteiger partial charge is 0.205 e. The number of allylic oxidation sites excluding steroid dienone is 3. The topological polar surface area (TPSA) is 93.9 Å². The van der Waals surface area contributed by atoms with Gasteiger partial charge in [-0.3, -0.25) is 9.48 Å². The van der Waals surface area contributed by atoms with Crippen LogP contribution in [0.25, 0.3) is 0 Å². The predicted octanol–water partition coefficient (Wildman–Crippen LogP) is 2.11. The van der Waals surface area contributed by atoms with Gasteiger partial charge in [0.1, 0.15) is 17.4 Å². The summed E-state index contributed by atoms with van der Waals surface area (Å²) in [7, 11) is 1.86. The first-order valence-electron chi connectivity index (χ1n) is 7.97. The summed E-state index contributed by atoms with van der Waals surface area (Å²) in [5.74, 6) is 0.835. The lowest BCUT2D eigenvalue weighted by molar-refractivity contribution is -0.116. The molecule has 118 valence electrons. The van der Waals surface area contributed by atoms with Gasteiger partial charge >= 0.3 is 0 Å². The lowest BCUT2D eigenvalue weighted by Gasteiger charge is -2.30. The van der Waals surface area contributed by atoms with Gasteiger partial charge in [-0.05, 0) is 25.3 Å². The molecule has 1 aromatic rings. The molecule has 2 heterocycles. The summed E-state index contributed by atoms with van der Waals surface area (Å²) in [5, 5.41) is 14.1. The number of rotatable bonds is 2. The van der Waals surface area contributed by atoms with E-state index in [0.717, 1.165) is 30.7 Å². The molecule has 0 aromatic carbocycles. The molecule has 1 atom stereocenters. The van der Waals surface area contributed by atoms with Crippen LogP contribution in [-0.2, 0) is 16.6 Å². The molecule has 0 saturated heterocycles. The summed E-state index contributed by atoms with van der Waals surface area (Å²) in [4.78, 5) is 12.5. The zero-order chi connectivity index (χ0) is 16.1. The molecule has 6 nitrogen and oxygen atoms in total. The molecule has 1 aromatic heterocycles. The molecule has 0 amide bonds. The molecule has 1 fully saturated rings. The molecule has 4 rings (SSSR count). The fraction of sp³-hybridized carbons (Fsp3) is 0.471. The van der Waals surface area contributed by atoms with Crippen molar-refractivity contribution in [2.24, 2.45) is 12.8 Å². The fourth-order valence-corrected chi connectivity index (χ4v) is 3.51. The van der Waals surface area contributed by atoms with E-state index < -0.39 is 5.92 Å². The average Bonchev–Trinajstić information content (AvgIpc) is 3.29. The third-order valence-corrected chi connectivity index (χ3v) is 4.83. The number of hydrogen-bond donors (Lipinski definition) is 1. The highest BCUT2D eigenvalue weighted by Crippen LogP contribution is 2.45. The molecule has 0 spiro atoms. The summed E-state index contributed by atoms with van der Waals surface area (Å²) in [6, 6.07) is 4.16. The van der Waals surface area contributed by atoms with Gasteiger partial charge in [0.2, 0.25) is 5.88 Å². The minimum atomic E-state index is -0.457. The molecule has 0 unspecified atom stereocenters. The Labute approximate surface area is 134 Å². The molecule has 1 saturated carbocycles. The SMILES string of the molecule is Cn1nc(C2CC2)cc1[C@@H]1C(C#N)=C(N)OC2=C1C(=O)CCC2. The number of nitrogens with two attached hydrogens (primary N) is 1. The van der Waals surface area contributed by atoms with Crippen LogP contribution in [0.4, 0.5) is 0 Å². The van der Waals surface area contributed by atoms with E-state index in [1.165, 1.54) is 0 Å². The highest BCUT2D eigenvalue weighted by atomic mass is 16.5. The van der Waals surface area contributed by atoms with Crippen molar-refractivity contribution in [3.8, 4) is 6.07 Å². The van der Waals surface area contributed by atoms with Crippen molar-refractivity contribution < 1.29 is 9.53 Å². The van der Waals surface area contributed by atoms with Crippen molar-refractivity contribution in [1.29, 1.82) is 5.26 Å². The second-order valence-electron chi connectivity index (χ2n) is 6.43. The van der Waals surface area contributed by atoms with E-state index >= 15 is 0 Å². The fourth-order valence-electron chi connectivity index (χ4n) is 3.51. The lowest BCUT2D eigenvalue weighted by Crippen LogP contribution is -2.28.